The quantitative estimate of drug-likeness (QED) is 0.607. The fourth-order valence-electron chi connectivity index (χ4n) is 1.21. The molecule has 0 amide bonds. The van der Waals surface area contributed by atoms with Gasteiger partial charge in [-0.3, -0.25) is 0 Å². The largest absolute Gasteiger partial charge is 0.478 e. The van der Waals surface area contributed by atoms with Crippen molar-refractivity contribution in [3.05, 3.63) is 41.5 Å². The maximum atomic E-state index is 10.5. The van der Waals surface area contributed by atoms with Crippen molar-refractivity contribution in [2.24, 2.45) is 0 Å². The van der Waals surface area contributed by atoms with E-state index in [9.17, 15) is 4.79 Å². The SMILES string of the molecule is C/C(=C\CCc1ccc(S)cc1)C(=O)O. The van der Waals surface area contributed by atoms with Gasteiger partial charge in [-0.05, 0) is 37.5 Å². The number of benzene rings is 1. The molecule has 80 valence electrons. The molecule has 1 rings (SSSR count). The van der Waals surface area contributed by atoms with Gasteiger partial charge in [-0.1, -0.05) is 18.2 Å². The summed E-state index contributed by atoms with van der Waals surface area (Å²) < 4.78 is 0. The smallest absolute Gasteiger partial charge is 0.330 e. The number of hydrogen-bond donors (Lipinski definition) is 2. The molecule has 1 aromatic rings. The Labute approximate surface area is 95.0 Å². The van der Waals surface area contributed by atoms with Crippen molar-refractivity contribution in [2.75, 3.05) is 0 Å². The molecule has 0 aromatic heterocycles. The first-order chi connectivity index (χ1) is 7.09. The van der Waals surface area contributed by atoms with Gasteiger partial charge in [-0.15, -0.1) is 12.6 Å². The van der Waals surface area contributed by atoms with Crippen LogP contribution in [0.25, 0.3) is 0 Å². The van der Waals surface area contributed by atoms with Gasteiger partial charge in [0.25, 0.3) is 0 Å². The third-order valence-corrected chi connectivity index (χ3v) is 2.46. The van der Waals surface area contributed by atoms with Crippen LogP contribution in [0.2, 0.25) is 0 Å². The number of carboxylic acids is 1. The summed E-state index contributed by atoms with van der Waals surface area (Å²) in [6.45, 7) is 1.61. The molecular weight excluding hydrogens is 208 g/mol. The van der Waals surface area contributed by atoms with Crippen LogP contribution in [0.1, 0.15) is 18.9 Å². The van der Waals surface area contributed by atoms with E-state index in [4.69, 9.17) is 5.11 Å². The molecular formula is C12H14O2S. The molecule has 0 aliphatic rings. The lowest BCUT2D eigenvalue weighted by atomic mass is 10.1. The van der Waals surface area contributed by atoms with E-state index in [0.29, 0.717) is 5.57 Å². The van der Waals surface area contributed by atoms with E-state index >= 15 is 0 Å². The molecule has 0 aliphatic carbocycles. The molecule has 0 unspecified atom stereocenters. The molecule has 0 fully saturated rings. The summed E-state index contributed by atoms with van der Waals surface area (Å²) >= 11 is 4.19. The van der Waals surface area contributed by atoms with Gasteiger partial charge >= 0.3 is 5.97 Å². The molecule has 0 spiro atoms. The Morgan fingerprint density at radius 3 is 2.53 bits per heavy atom. The summed E-state index contributed by atoms with van der Waals surface area (Å²) in [6.07, 6.45) is 3.36. The second-order valence-corrected chi connectivity index (χ2v) is 3.91. The molecule has 1 N–H and O–H groups in total. The number of aliphatic carboxylic acids is 1. The van der Waals surface area contributed by atoms with Crippen LogP contribution in [0.5, 0.6) is 0 Å². The molecule has 0 aliphatic heterocycles. The highest BCUT2D eigenvalue weighted by atomic mass is 32.1. The van der Waals surface area contributed by atoms with Crippen molar-refractivity contribution in [3.8, 4) is 0 Å². The Balaban J connectivity index is 2.48. The average Bonchev–Trinajstić information content (AvgIpc) is 2.20. The van der Waals surface area contributed by atoms with E-state index in [-0.39, 0.29) is 0 Å². The van der Waals surface area contributed by atoms with Crippen LogP contribution >= 0.6 is 12.6 Å². The van der Waals surface area contributed by atoms with Crippen molar-refractivity contribution in [3.63, 3.8) is 0 Å². The fourth-order valence-corrected chi connectivity index (χ4v) is 1.35. The second-order valence-electron chi connectivity index (χ2n) is 3.40. The highest BCUT2D eigenvalue weighted by Crippen LogP contribution is 2.10. The standard InChI is InChI=1S/C12H14O2S/c1-9(12(13)14)3-2-4-10-5-7-11(15)8-6-10/h3,5-8,15H,2,4H2,1H3,(H,13,14)/b9-3+. The van der Waals surface area contributed by atoms with Crippen molar-refractivity contribution < 1.29 is 9.90 Å². The summed E-state index contributed by atoms with van der Waals surface area (Å²) in [5, 5.41) is 8.64. The minimum absolute atomic E-state index is 0.404. The van der Waals surface area contributed by atoms with Crippen LogP contribution in [-0.4, -0.2) is 11.1 Å². The Hall–Kier alpha value is -1.22. The monoisotopic (exact) mass is 222 g/mol. The molecule has 0 radical (unpaired) electrons. The highest BCUT2D eigenvalue weighted by Gasteiger charge is 1.98. The normalized spacial score (nSPS) is 11.5. The molecule has 0 atom stereocenters. The van der Waals surface area contributed by atoms with Crippen LogP contribution in [0.3, 0.4) is 0 Å². The van der Waals surface area contributed by atoms with Crippen molar-refractivity contribution in [1.82, 2.24) is 0 Å². The number of carboxylic acid groups (broad SMARTS) is 1. The number of allylic oxidation sites excluding steroid dienone is 1. The van der Waals surface area contributed by atoms with Gasteiger partial charge in [-0.25, -0.2) is 4.79 Å². The van der Waals surface area contributed by atoms with Gasteiger partial charge in [0.15, 0.2) is 0 Å². The van der Waals surface area contributed by atoms with Crippen LogP contribution in [0.4, 0.5) is 0 Å². The molecule has 2 nitrogen and oxygen atoms in total. The van der Waals surface area contributed by atoms with E-state index < -0.39 is 5.97 Å². The van der Waals surface area contributed by atoms with Gasteiger partial charge < -0.3 is 5.11 Å². The maximum absolute atomic E-state index is 10.5. The van der Waals surface area contributed by atoms with Gasteiger partial charge in [0, 0.05) is 10.5 Å². The first kappa shape index (κ1) is 11.9. The maximum Gasteiger partial charge on any atom is 0.330 e. The summed E-state index contributed by atoms with van der Waals surface area (Å²) in [5.74, 6) is -0.847. The summed E-state index contributed by atoms with van der Waals surface area (Å²) in [7, 11) is 0. The molecule has 0 saturated heterocycles. The topological polar surface area (TPSA) is 37.3 Å². The summed E-state index contributed by atoms with van der Waals surface area (Å²) in [4.78, 5) is 11.4. The lowest BCUT2D eigenvalue weighted by Gasteiger charge is -1.99. The third-order valence-electron chi connectivity index (χ3n) is 2.16. The van der Waals surface area contributed by atoms with Gasteiger partial charge in [0.2, 0.25) is 0 Å². The number of aryl methyl sites for hydroxylation is 1. The first-order valence-electron chi connectivity index (χ1n) is 4.77. The van der Waals surface area contributed by atoms with E-state index in [1.807, 2.05) is 24.3 Å². The van der Waals surface area contributed by atoms with Crippen molar-refractivity contribution >= 4 is 18.6 Å². The molecule has 3 heteroatoms. The van der Waals surface area contributed by atoms with E-state index in [1.54, 1.807) is 13.0 Å². The van der Waals surface area contributed by atoms with Crippen molar-refractivity contribution in [2.45, 2.75) is 24.7 Å². The zero-order valence-corrected chi connectivity index (χ0v) is 9.50. The number of carbonyl (C=O) groups is 1. The van der Waals surface area contributed by atoms with Gasteiger partial charge in [-0.2, -0.15) is 0 Å². The zero-order chi connectivity index (χ0) is 11.3. The van der Waals surface area contributed by atoms with E-state index in [0.717, 1.165) is 17.7 Å². The van der Waals surface area contributed by atoms with Crippen LogP contribution in [0, 0.1) is 0 Å². The van der Waals surface area contributed by atoms with E-state index in [2.05, 4.69) is 12.6 Å². The number of rotatable bonds is 4. The van der Waals surface area contributed by atoms with Gasteiger partial charge in [0.1, 0.15) is 0 Å². The second kappa shape index (κ2) is 5.61. The average molecular weight is 222 g/mol. The lowest BCUT2D eigenvalue weighted by molar-refractivity contribution is -0.132. The Morgan fingerprint density at radius 1 is 1.40 bits per heavy atom. The highest BCUT2D eigenvalue weighted by molar-refractivity contribution is 7.80. The summed E-state index contributed by atoms with van der Waals surface area (Å²) in [5.41, 5.74) is 1.60. The minimum atomic E-state index is -0.847. The fraction of sp³-hybridized carbons (Fsp3) is 0.250. The van der Waals surface area contributed by atoms with Crippen molar-refractivity contribution in [1.29, 1.82) is 0 Å². The van der Waals surface area contributed by atoms with Crippen LogP contribution in [-0.2, 0) is 11.2 Å². The molecule has 0 heterocycles. The molecule has 0 bridgehead atoms. The third kappa shape index (κ3) is 4.21. The van der Waals surface area contributed by atoms with E-state index in [1.165, 1.54) is 5.56 Å². The predicted octanol–water partition coefficient (Wildman–Crippen LogP) is 2.94. The molecule has 15 heavy (non-hydrogen) atoms. The Kier molecular flexibility index (Phi) is 4.43. The molecule has 1 aromatic carbocycles. The zero-order valence-electron chi connectivity index (χ0n) is 8.60. The molecule has 0 saturated carbocycles. The van der Waals surface area contributed by atoms with Crippen LogP contribution < -0.4 is 0 Å². The Bertz CT molecular complexity index is 366. The Morgan fingerprint density at radius 2 is 2.00 bits per heavy atom. The summed E-state index contributed by atoms with van der Waals surface area (Å²) in [6, 6.07) is 7.89. The predicted molar refractivity (Wildman–Crippen MR) is 63.4 cm³/mol. The number of hydrogen-bond acceptors (Lipinski definition) is 2. The van der Waals surface area contributed by atoms with Crippen LogP contribution in [0.15, 0.2) is 40.8 Å². The van der Waals surface area contributed by atoms with Gasteiger partial charge in [0.05, 0.1) is 0 Å². The lowest BCUT2D eigenvalue weighted by Crippen LogP contribution is -1.96. The first-order valence-corrected chi connectivity index (χ1v) is 5.22. The minimum Gasteiger partial charge on any atom is -0.478 e. The number of thiol groups is 1.